The Labute approximate surface area is 151 Å². The van der Waals surface area contributed by atoms with Crippen molar-refractivity contribution in [3.8, 4) is 0 Å². The molecule has 5 heteroatoms. The molecule has 1 saturated heterocycles. The summed E-state index contributed by atoms with van der Waals surface area (Å²) in [5.41, 5.74) is 1.89. The zero-order valence-electron chi connectivity index (χ0n) is 13.3. The molecule has 0 aromatic heterocycles. The molecule has 122 valence electrons. The highest BCUT2D eigenvalue weighted by atomic mass is 32.2. The van der Waals surface area contributed by atoms with Gasteiger partial charge in [0.1, 0.15) is 10.7 Å². The number of thiocarbonyl (C=S) groups is 1. The molecule has 1 aliphatic rings. The van der Waals surface area contributed by atoms with Gasteiger partial charge in [0.25, 0.3) is 5.91 Å². The van der Waals surface area contributed by atoms with Crippen LogP contribution in [0.2, 0.25) is 0 Å². The van der Waals surface area contributed by atoms with Crippen molar-refractivity contribution < 1.29 is 9.53 Å². The van der Waals surface area contributed by atoms with Crippen LogP contribution >= 0.6 is 24.0 Å². The summed E-state index contributed by atoms with van der Waals surface area (Å²) >= 11 is 6.73. The Morgan fingerprint density at radius 3 is 2.33 bits per heavy atom. The summed E-state index contributed by atoms with van der Waals surface area (Å²) in [5, 5.41) is 0. The Morgan fingerprint density at radius 1 is 1.08 bits per heavy atom. The number of amides is 1. The third-order valence-corrected chi connectivity index (χ3v) is 4.96. The first-order valence-corrected chi connectivity index (χ1v) is 8.94. The monoisotopic (exact) mass is 355 g/mol. The predicted octanol–water partition coefficient (Wildman–Crippen LogP) is 4.54. The van der Waals surface area contributed by atoms with E-state index in [4.69, 9.17) is 17.0 Å². The molecular formula is C19H17NO2S2. The second kappa shape index (κ2) is 7.64. The largest absolute Gasteiger partial charge is 0.496 e. The van der Waals surface area contributed by atoms with Gasteiger partial charge in [-0.2, -0.15) is 0 Å². The molecule has 2 aromatic carbocycles. The summed E-state index contributed by atoms with van der Waals surface area (Å²) in [7, 11) is 0. The SMILES string of the molecule is CCOC(Cc1ccccc1)=C1SC(=S)N(c2ccccc2)C1=O. The van der Waals surface area contributed by atoms with Crippen LogP contribution in [-0.4, -0.2) is 16.8 Å². The molecule has 1 amide bonds. The van der Waals surface area contributed by atoms with Crippen molar-refractivity contribution in [3.05, 3.63) is 76.9 Å². The van der Waals surface area contributed by atoms with Gasteiger partial charge in [0, 0.05) is 6.42 Å². The number of carbonyl (C=O) groups excluding carboxylic acids is 1. The van der Waals surface area contributed by atoms with Crippen molar-refractivity contribution in [1.82, 2.24) is 0 Å². The summed E-state index contributed by atoms with van der Waals surface area (Å²) in [4.78, 5) is 15.0. The lowest BCUT2D eigenvalue weighted by Crippen LogP contribution is -2.27. The molecule has 1 fully saturated rings. The van der Waals surface area contributed by atoms with Gasteiger partial charge in [-0.15, -0.1) is 0 Å². The van der Waals surface area contributed by atoms with Crippen LogP contribution < -0.4 is 4.90 Å². The van der Waals surface area contributed by atoms with Crippen molar-refractivity contribution in [2.75, 3.05) is 11.5 Å². The number of carbonyl (C=O) groups is 1. The maximum Gasteiger partial charge on any atom is 0.274 e. The first-order chi connectivity index (χ1) is 11.7. The second-order valence-corrected chi connectivity index (χ2v) is 6.84. The fourth-order valence-corrected chi connectivity index (χ4v) is 3.81. The van der Waals surface area contributed by atoms with Crippen LogP contribution in [0.1, 0.15) is 12.5 Å². The van der Waals surface area contributed by atoms with Crippen LogP contribution in [0.4, 0.5) is 5.69 Å². The van der Waals surface area contributed by atoms with Crippen LogP contribution in [0.3, 0.4) is 0 Å². The number of ether oxygens (including phenoxy) is 1. The van der Waals surface area contributed by atoms with Crippen LogP contribution in [-0.2, 0) is 16.0 Å². The molecule has 1 aliphatic heterocycles. The van der Waals surface area contributed by atoms with E-state index in [1.807, 2.05) is 67.6 Å². The Hall–Kier alpha value is -2.11. The molecule has 0 atom stereocenters. The fraction of sp³-hybridized carbons (Fsp3) is 0.158. The number of thioether (sulfide) groups is 1. The number of nitrogens with zero attached hydrogens (tertiary/aromatic N) is 1. The van der Waals surface area contributed by atoms with Crippen molar-refractivity contribution in [1.29, 1.82) is 0 Å². The van der Waals surface area contributed by atoms with Crippen molar-refractivity contribution in [2.24, 2.45) is 0 Å². The van der Waals surface area contributed by atoms with Gasteiger partial charge in [-0.3, -0.25) is 9.69 Å². The molecule has 3 nitrogen and oxygen atoms in total. The Balaban J connectivity index is 1.94. The molecule has 0 unspecified atom stereocenters. The minimum absolute atomic E-state index is 0.115. The summed E-state index contributed by atoms with van der Waals surface area (Å²) in [5.74, 6) is 0.565. The van der Waals surface area contributed by atoms with Gasteiger partial charge in [-0.05, 0) is 24.6 Å². The molecular weight excluding hydrogens is 338 g/mol. The molecule has 0 N–H and O–H groups in total. The molecule has 0 saturated carbocycles. The zero-order valence-corrected chi connectivity index (χ0v) is 14.9. The van der Waals surface area contributed by atoms with E-state index in [1.54, 1.807) is 4.90 Å². The van der Waals surface area contributed by atoms with Crippen molar-refractivity contribution in [2.45, 2.75) is 13.3 Å². The van der Waals surface area contributed by atoms with E-state index in [0.29, 0.717) is 28.0 Å². The van der Waals surface area contributed by atoms with Gasteiger partial charge < -0.3 is 4.74 Å². The van der Waals surface area contributed by atoms with Gasteiger partial charge in [0.15, 0.2) is 4.32 Å². The topological polar surface area (TPSA) is 29.5 Å². The number of hydrogen-bond acceptors (Lipinski definition) is 4. The van der Waals surface area contributed by atoms with Crippen molar-refractivity contribution >= 4 is 39.9 Å². The van der Waals surface area contributed by atoms with Crippen LogP contribution in [0.25, 0.3) is 0 Å². The van der Waals surface area contributed by atoms with E-state index < -0.39 is 0 Å². The highest BCUT2D eigenvalue weighted by Gasteiger charge is 2.36. The van der Waals surface area contributed by atoms with E-state index in [9.17, 15) is 4.79 Å². The lowest BCUT2D eigenvalue weighted by molar-refractivity contribution is -0.113. The Bertz CT molecular complexity index is 772. The molecule has 1 heterocycles. The Morgan fingerprint density at radius 2 is 1.71 bits per heavy atom. The summed E-state index contributed by atoms with van der Waals surface area (Å²) in [6, 6.07) is 19.4. The molecule has 24 heavy (non-hydrogen) atoms. The fourth-order valence-electron chi connectivity index (χ4n) is 2.49. The van der Waals surface area contributed by atoms with E-state index in [-0.39, 0.29) is 5.91 Å². The second-order valence-electron chi connectivity index (χ2n) is 5.19. The number of hydrogen-bond donors (Lipinski definition) is 0. The average Bonchev–Trinajstić information content (AvgIpc) is 2.91. The maximum absolute atomic E-state index is 12.9. The highest BCUT2D eigenvalue weighted by molar-refractivity contribution is 8.27. The van der Waals surface area contributed by atoms with Crippen LogP contribution in [0.15, 0.2) is 71.3 Å². The standard InChI is InChI=1S/C19H17NO2S2/c1-2-22-16(13-14-9-5-3-6-10-14)17-18(21)20(19(23)24-17)15-11-7-4-8-12-15/h3-12H,2,13H2,1H3. The zero-order chi connectivity index (χ0) is 16.9. The number of anilines is 1. The van der Waals surface area contributed by atoms with E-state index in [1.165, 1.54) is 11.8 Å². The smallest absolute Gasteiger partial charge is 0.274 e. The first kappa shape index (κ1) is 16.7. The highest BCUT2D eigenvalue weighted by Crippen LogP contribution is 2.37. The number of benzene rings is 2. The molecule has 0 spiro atoms. The van der Waals surface area contributed by atoms with Crippen LogP contribution in [0, 0.1) is 0 Å². The number of para-hydroxylation sites is 1. The molecule has 0 aliphatic carbocycles. The number of rotatable bonds is 5. The van der Waals surface area contributed by atoms with Crippen LogP contribution in [0.5, 0.6) is 0 Å². The first-order valence-electron chi connectivity index (χ1n) is 7.72. The van der Waals surface area contributed by atoms with E-state index >= 15 is 0 Å². The van der Waals surface area contributed by atoms with Gasteiger partial charge in [-0.25, -0.2) is 0 Å². The van der Waals surface area contributed by atoms with Gasteiger partial charge in [0.2, 0.25) is 0 Å². The molecule has 3 rings (SSSR count). The van der Waals surface area contributed by atoms with Crippen molar-refractivity contribution in [3.63, 3.8) is 0 Å². The third-order valence-electron chi connectivity index (χ3n) is 3.56. The predicted molar refractivity (Wildman–Crippen MR) is 103 cm³/mol. The normalized spacial score (nSPS) is 16.5. The lowest BCUT2D eigenvalue weighted by Gasteiger charge is -2.15. The summed E-state index contributed by atoms with van der Waals surface area (Å²) in [6.07, 6.45) is 0.577. The van der Waals surface area contributed by atoms with Gasteiger partial charge >= 0.3 is 0 Å². The molecule has 2 aromatic rings. The third kappa shape index (κ3) is 3.52. The summed E-state index contributed by atoms with van der Waals surface area (Å²) in [6.45, 7) is 2.43. The maximum atomic E-state index is 12.9. The Kier molecular flexibility index (Phi) is 5.33. The van der Waals surface area contributed by atoms with E-state index in [0.717, 1.165) is 11.3 Å². The lowest BCUT2D eigenvalue weighted by atomic mass is 10.1. The summed E-state index contributed by atoms with van der Waals surface area (Å²) < 4.78 is 6.32. The molecule has 0 bridgehead atoms. The number of allylic oxidation sites excluding steroid dienone is 1. The average molecular weight is 355 g/mol. The minimum Gasteiger partial charge on any atom is -0.496 e. The van der Waals surface area contributed by atoms with E-state index in [2.05, 4.69) is 0 Å². The molecule has 0 radical (unpaired) electrons. The van der Waals surface area contributed by atoms with Gasteiger partial charge in [-0.1, -0.05) is 72.5 Å². The minimum atomic E-state index is -0.115. The quantitative estimate of drug-likeness (QED) is 0.447. The van der Waals surface area contributed by atoms with Gasteiger partial charge in [0.05, 0.1) is 12.3 Å².